The van der Waals surface area contributed by atoms with E-state index in [1.807, 2.05) is 0 Å². The molecule has 0 bridgehead atoms. The van der Waals surface area contributed by atoms with Gasteiger partial charge in [-0.3, -0.25) is 0 Å². The second-order valence-electron chi connectivity index (χ2n) is 6.41. The Morgan fingerprint density at radius 2 is 1.32 bits per heavy atom. The molecule has 22 heavy (non-hydrogen) atoms. The van der Waals surface area contributed by atoms with Crippen molar-refractivity contribution in [2.24, 2.45) is 0 Å². The van der Waals surface area contributed by atoms with E-state index in [4.69, 9.17) is 0 Å². The lowest BCUT2D eigenvalue weighted by molar-refractivity contribution is 0.660. The highest BCUT2D eigenvalue weighted by atomic mass is 79.9. The van der Waals surface area contributed by atoms with E-state index in [2.05, 4.69) is 96.5 Å². The zero-order valence-corrected chi connectivity index (χ0v) is 14.3. The van der Waals surface area contributed by atoms with Crippen LogP contribution in [0.2, 0.25) is 0 Å². The number of hydrogen-bond acceptors (Lipinski definition) is 0. The van der Waals surface area contributed by atoms with E-state index in [0.29, 0.717) is 0 Å². The van der Waals surface area contributed by atoms with E-state index in [9.17, 15) is 0 Å². The van der Waals surface area contributed by atoms with Gasteiger partial charge in [-0.05, 0) is 45.5 Å². The van der Waals surface area contributed by atoms with Crippen LogP contribution in [-0.2, 0) is 5.41 Å². The minimum atomic E-state index is 0.0668. The normalized spacial score (nSPS) is 14.5. The molecule has 4 rings (SSSR count). The van der Waals surface area contributed by atoms with Gasteiger partial charge in [-0.1, -0.05) is 84.4 Å². The highest BCUT2D eigenvalue weighted by molar-refractivity contribution is 9.10. The Morgan fingerprint density at radius 1 is 0.682 bits per heavy atom. The Morgan fingerprint density at radius 3 is 2.09 bits per heavy atom. The smallest absolute Gasteiger partial charge is 0.0175 e. The van der Waals surface area contributed by atoms with E-state index in [1.165, 1.54) is 33.4 Å². The maximum absolute atomic E-state index is 3.52. The third-order valence-corrected chi connectivity index (χ3v) is 5.29. The van der Waals surface area contributed by atoms with E-state index in [0.717, 1.165) is 4.47 Å². The van der Waals surface area contributed by atoms with Crippen molar-refractivity contribution in [3.8, 4) is 22.3 Å². The third-order valence-electron chi connectivity index (χ3n) is 4.76. The van der Waals surface area contributed by atoms with Crippen molar-refractivity contribution < 1.29 is 0 Å². The van der Waals surface area contributed by atoms with Crippen molar-refractivity contribution in [1.82, 2.24) is 0 Å². The molecule has 1 aliphatic carbocycles. The first-order chi connectivity index (χ1) is 10.6. The van der Waals surface area contributed by atoms with Crippen molar-refractivity contribution in [2.45, 2.75) is 19.3 Å². The van der Waals surface area contributed by atoms with Crippen LogP contribution in [0.25, 0.3) is 22.3 Å². The molecule has 0 unspecified atom stereocenters. The van der Waals surface area contributed by atoms with Crippen LogP contribution in [-0.4, -0.2) is 0 Å². The molecule has 1 heteroatoms. The zero-order valence-electron chi connectivity index (χ0n) is 12.7. The summed E-state index contributed by atoms with van der Waals surface area (Å²) in [6.07, 6.45) is 0. The molecule has 0 saturated carbocycles. The average Bonchev–Trinajstić information content (AvgIpc) is 2.77. The van der Waals surface area contributed by atoms with Crippen LogP contribution in [0.5, 0.6) is 0 Å². The second kappa shape index (κ2) is 4.82. The van der Waals surface area contributed by atoms with Crippen molar-refractivity contribution in [1.29, 1.82) is 0 Å². The molecule has 0 fully saturated rings. The number of benzene rings is 3. The monoisotopic (exact) mass is 348 g/mol. The molecule has 1 aliphatic rings. The van der Waals surface area contributed by atoms with Gasteiger partial charge in [-0.15, -0.1) is 0 Å². The fourth-order valence-electron chi connectivity index (χ4n) is 3.62. The maximum Gasteiger partial charge on any atom is 0.0175 e. The Hall–Kier alpha value is -1.86. The predicted octanol–water partition coefficient (Wildman–Crippen LogP) is 6.42. The summed E-state index contributed by atoms with van der Waals surface area (Å²) in [5.74, 6) is 0. The van der Waals surface area contributed by atoms with Gasteiger partial charge in [0, 0.05) is 9.89 Å². The summed E-state index contributed by atoms with van der Waals surface area (Å²) in [6, 6.07) is 24.1. The molecule has 3 aromatic carbocycles. The van der Waals surface area contributed by atoms with Crippen molar-refractivity contribution in [2.75, 3.05) is 0 Å². The molecule has 0 aliphatic heterocycles. The lowest BCUT2D eigenvalue weighted by Gasteiger charge is -2.21. The molecule has 0 heterocycles. The summed E-state index contributed by atoms with van der Waals surface area (Å²) >= 11 is 3.52. The Labute approximate surface area is 140 Å². The summed E-state index contributed by atoms with van der Waals surface area (Å²) in [5.41, 5.74) is 8.28. The minimum Gasteiger partial charge on any atom is -0.0619 e. The molecular weight excluding hydrogens is 332 g/mol. The minimum absolute atomic E-state index is 0.0668. The summed E-state index contributed by atoms with van der Waals surface area (Å²) < 4.78 is 1.12. The van der Waals surface area contributed by atoms with Gasteiger partial charge in [0.1, 0.15) is 0 Å². The van der Waals surface area contributed by atoms with Gasteiger partial charge < -0.3 is 0 Å². The molecule has 108 valence electrons. The SMILES string of the molecule is CC1(C)c2ccccc2-c2c(-c3ccc(Br)cc3)cccc21. The van der Waals surface area contributed by atoms with Gasteiger partial charge in [0.05, 0.1) is 0 Å². The van der Waals surface area contributed by atoms with Gasteiger partial charge in [0.25, 0.3) is 0 Å². The van der Waals surface area contributed by atoms with E-state index < -0.39 is 0 Å². The average molecular weight is 349 g/mol. The van der Waals surface area contributed by atoms with Crippen LogP contribution >= 0.6 is 15.9 Å². The van der Waals surface area contributed by atoms with Crippen LogP contribution in [0.4, 0.5) is 0 Å². The molecule has 3 aromatic rings. The van der Waals surface area contributed by atoms with Crippen LogP contribution in [0.1, 0.15) is 25.0 Å². The quantitative estimate of drug-likeness (QED) is 0.475. The van der Waals surface area contributed by atoms with Gasteiger partial charge in [-0.25, -0.2) is 0 Å². The summed E-state index contributed by atoms with van der Waals surface area (Å²) in [5, 5.41) is 0. The summed E-state index contributed by atoms with van der Waals surface area (Å²) in [7, 11) is 0. The van der Waals surface area contributed by atoms with Gasteiger partial charge in [0.15, 0.2) is 0 Å². The first kappa shape index (κ1) is 13.8. The fraction of sp³-hybridized carbons (Fsp3) is 0.143. The lowest BCUT2D eigenvalue weighted by Crippen LogP contribution is -2.14. The van der Waals surface area contributed by atoms with E-state index in [-0.39, 0.29) is 5.41 Å². The topological polar surface area (TPSA) is 0 Å². The van der Waals surface area contributed by atoms with Crippen molar-refractivity contribution in [3.05, 3.63) is 82.3 Å². The highest BCUT2D eigenvalue weighted by Crippen LogP contribution is 2.51. The molecule has 0 spiro atoms. The molecule has 0 radical (unpaired) electrons. The number of fused-ring (bicyclic) bond motifs is 3. The van der Waals surface area contributed by atoms with Crippen LogP contribution < -0.4 is 0 Å². The third kappa shape index (κ3) is 1.89. The molecular formula is C21H17Br. The molecule has 0 N–H and O–H groups in total. The number of hydrogen-bond donors (Lipinski definition) is 0. The molecule has 0 amide bonds. The molecule has 0 atom stereocenters. The second-order valence-corrected chi connectivity index (χ2v) is 7.32. The van der Waals surface area contributed by atoms with Crippen molar-refractivity contribution >= 4 is 15.9 Å². The Kier molecular flexibility index (Phi) is 3.02. The molecule has 0 aromatic heterocycles. The number of halogens is 1. The largest absolute Gasteiger partial charge is 0.0619 e. The zero-order chi connectivity index (χ0) is 15.3. The Balaban J connectivity index is 2.04. The summed E-state index contributed by atoms with van der Waals surface area (Å²) in [6.45, 7) is 4.64. The van der Waals surface area contributed by atoms with Crippen molar-refractivity contribution in [3.63, 3.8) is 0 Å². The molecule has 0 nitrogen and oxygen atoms in total. The van der Waals surface area contributed by atoms with Gasteiger partial charge >= 0.3 is 0 Å². The first-order valence-electron chi connectivity index (χ1n) is 7.58. The van der Waals surface area contributed by atoms with Crippen LogP contribution in [0.15, 0.2) is 71.2 Å². The summed E-state index contributed by atoms with van der Waals surface area (Å²) in [4.78, 5) is 0. The lowest BCUT2D eigenvalue weighted by atomic mass is 9.82. The van der Waals surface area contributed by atoms with Crippen LogP contribution in [0.3, 0.4) is 0 Å². The fourth-order valence-corrected chi connectivity index (χ4v) is 3.89. The van der Waals surface area contributed by atoms with Gasteiger partial charge in [-0.2, -0.15) is 0 Å². The van der Waals surface area contributed by atoms with Crippen LogP contribution in [0, 0.1) is 0 Å². The highest BCUT2D eigenvalue weighted by Gasteiger charge is 2.36. The van der Waals surface area contributed by atoms with E-state index >= 15 is 0 Å². The molecule has 0 saturated heterocycles. The van der Waals surface area contributed by atoms with Gasteiger partial charge in [0.2, 0.25) is 0 Å². The van der Waals surface area contributed by atoms with E-state index in [1.54, 1.807) is 0 Å². The first-order valence-corrected chi connectivity index (χ1v) is 8.37. The number of rotatable bonds is 1. The predicted molar refractivity (Wildman–Crippen MR) is 97.1 cm³/mol. The standard InChI is InChI=1S/C21H17Br/c1-21(2)18-8-4-3-6-17(18)20-16(7-5-9-19(20)21)14-10-12-15(22)13-11-14/h3-13H,1-2H3. The maximum atomic E-state index is 3.52. The Bertz CT molecular complexity index is 857.